The Morgan fingerprint density at radius 1 is 1.11 bits per heavy atom. The number of carbonyl (C=O) groups excluding carboxylic acids is 1. The summed E-state index contributed by atoms with van der Waals surface area (Å²) < 4.78 is 6.11. The number of Topliss-reactive ketones (excluding diaryl/α,β-unsaturated/α-hetero) is 1. The number of rotatable bonds is 6. The van der Waals surface area contributed by atoms with Crippen molar-refractivity contribution in [1.29, 1.82) is 0 Å². The van der Waals surface area contributed by atoms with Crippen molar-refractivity contribution in [2.45, 2.75) is 59.1 Å². The number of anilines is 1. The van der Waals surface area contributed by atoms with Crippen molar-refractivity contribution < 1.29 is 9.53 Å². The van der Waals surface area contributed by atoms with Crippen LogP contribution in [0.15, 0.2) is 47.5 Å². The van der Waals surface area contributed by atoms with E-state index in [2.05, 4.69) is 31.2 Å². The normalized spacial score (nSPS) is 20.0. The lowest BCUT2D eigenvalue weighted by Gasteiger charge is -2.27. The van der Waals surface area contributed by atoms with Crippen LogP contribution in [0.2, 0.25) is 0 Å². The topological polar surface area (TPSA) is 64.7 Å². The highest BCUT2D eigenvalue weighted by Crippen LogP contribution is 2.29. The van der Waals surface area contributed by atoms with Crippen LogP contribution in [0.4, 0.5) is 5.69 Å². The molecule has 0 saturated heterocycles. The number of nitrogen functional groups attached to an aromatic ring is 1. The molecule has 1 aliphatic rings. The van der Waals surface area contributed by atoms with E-state index in [1.807, 2.05) is 25.1 Å². The molecule has 28 heavy (non-hydrogen) atoms. The van der Waals surface area contributed by atoms with Crippen molar-refractivity contribution in [3.8, 4) is 5.75 Å². The van der Waals surface area contributed by atoms with Crippen molar-refractivity contribution in [1.82, 2.24) is 0 Å². The Kier molecular flexibility index (Phi) is 6.50. The third-order valence-corrected chi connectivity index (χ3v) is 5.55. The molecule has 148 valence electrons. The number of ether oxygens (including phenoxy) is 1. The molecule has 1 aliphatic carbocycles. The van der Waals surface area contributed by atoms with Crippen LogP contribution in [0.25, 0.3) is 0 Å². The molecule has 4 nitrogen and oxygen atoms in total. The Morgan fingerprint density at radius 2 is 1.86 bits per heavy atom. The fourth-order valence-corrected chi connectivity index (χ4v) is 3.83. The van der Waals surface area contributed by atoms with Gasteiger partial charge in [-0.05, 0) is 64.2 Å². The van der Waals surface area contributed by atoms with Crippen LogP contribution in [0.1, 0.15) is 56.2 Å². The maximum atomic E-state index is 11.5. The SMILES string of the molecule is CC(=O)C1CCC(Oc2ccc(C(C)=NCc3cccc(C)c3)c(N)c2)CC1. The number of benzene rings is 2. The standard InChI is InChI=1S/C24H30N2O2/c1-16-5-4-6-19(13-16)15-26-17(2)23-12-11-22(14-24(23)25)28-21-9-7-20(8-10-21)18(3)27/h4-6,11-14,20-21H,7-10,15,25H2,1-3H3. The van der Waals surface area contributed by atoms with Crippen molar-refractivity contribution in [3.05, 3.63) is 59.2 Å². The Bertz CT molecular complexity index is 865. The number of aryl methyl sites for hydroxylation is 1. The van der Waals surface area contributed by atoms with Crippen LogP contribution in [0.5, 0.6) is 5.75 Å². The molecule has 0 spiro atoms. The summed E-state index contributed by atoms with van der Waals surface area (Å²) in [6.07, 6.45) is 3.83. The summed E-state index contributed by atoms with van der Waals surface area (Å²) in [4.78, 5) is 16.2. The minimum absolute atomic E-state index is 0.164. The van der Waals surface area contributed by atoms with Crippen LogP contribution in [-0.2, 0) is 11.3 Å². The first kappa shape index (κ1) is 20.1. The molecule has 1 saturated carbocycles. The Labute approximate surface area is 167 Å². The van der Waals surface area contributed by atoms with Crippen LogP contribution in [-0.4, -0.2) is 17.6 Å². The second-order valence-electron chi connectivity index (χ2n) is 7.84. The zero-order chi connectivity index (χ0) is 20.1. The van der Waals surface area contributed by atoms with Crippen molar-refractivity contribution in [2.24, 2.45) is 10.9 Å². The van der Waals surface area contributed by atoms with Gasteiger partial charge >= 0.3 is 0 Å². The Balaban J connectivity index is 1.62. The average molecular weight is 379 g/mol. The fraction of sp³-hybridized carbons (Fsp3) is 0.417. The van der Waals surface area contributed by atoms with E-state index < -0.39 is 0 Å². The quantitative estimate of drug-likeness (QED) is 0.561. The van der Waals surface area contributed by atoms with Gasteiger partial charge in [0.05, 0.1) is 12.6 Å². The van der Waals surface area contributed by atoms with Crippen LogP contribution in [0, 0.1) is 12.8 Å². The summed E-state index contributed by atoms with van der Waals surface area (Å²) in [5, 5.41) is 0. The Hall–Kier alpha value is -2.62. The number of aliphatic imine (C=N–C) groups is 1. The molecule has 0 atom stereocenters. The molecular formula is C24H30N2O2. The number of nitrogens with two attached hydrogens (primary N) is 1. The van der Waals surface area contributed by atoms with Gasteiger partial charge in [0.15, 0.2) is 0 Å². The monoisotopic (exact) mass is 378 g/mol. The number of hydrogen-bond donors (Lipinski definition) is 1. The molecule has 0 amide bonds. The summed E-state index contributed by atoms with van der Waals surface area (Å²) in [6.45, 7) is 6.41. The summed E-state index contributed by atoms with van der Waals surface area (Å²) in [5.41, 5.74) is 11.3. The zero-order valence-corrected chi connectivity index (χ0v) is 17.1. The number of nitrogens with zero attached hydrogens (tertiary/aromatic N) is 1. The first-order valence-electron chi connectivity index (χ1n) is 10.1. The minimum atomic E-state index is 0.164. The molecule has 2 N–H and O–H groups in total. The van der Waals surface area contributed by atoms with E-state index in [1.54, 1.807) is 6.92 Å². The minimum Gasteiger partial charge on any atom is -0.490 e. The molecule has 1 fully saturated rings. The number of ketones is 1. The molecule has 0 heterocycles. The summed E-state index contributed by atoms with van der Waals surface area (Å²) in [6, 6.07) is 14.2. The van der Waals surface area contributed by atoms with E-state index in [0.29, 0.717) is 18.0 Å². The third kappa shape index (κ3) is 5.22. The molecular weight excluding hydrogens is 348 g/mol. The van der Waals surface area contributed by atoms with Crippen LogP contribution in [0.3, 0.4) is 0 Å². The van der Waals surface area contributed by atoms with Gasteiger partial charge in [0.2, 0.25) is 0 Å². The zero-order valence-electron chi connectivity index (χ0n) is 17.1. The van der Waals surface area contributed by atoms with E-state index in [4.69, 9.17) is 15.5 Å². The van der Waals surface area contributed by atoms with E-state index in [9.17, 15) is 4.79 Å². The van der Waals surface area contributed by atoms with Gasteiger partial charge in [-0.2, -0.15) is 0 Å². The molecule has 2 aromatic rings. The molecule has 0 aliphatic heterocycles. The lowest BCUT2D eigenvalue weighted by molar-refractivity contribution is -0.122. The van der Waals surface area contributed by atoms with Gasteiger partial charge in [-0.1, -0.05) is 29.8 Å². The summed E-state index contributed by atoms with van der Waals surface area (Å²) in [5.74, 6) is 1.30. The Morgan fingerprint density at radius 3 is 2.50 bits per heavy atom. The summed E-state index contributed by atoms with van der Waals surface area (Å²) in [7, 11) is 0. The van der Waals surface area contributed by atoms with Gasteiger partial charge in [-0.15, -0.1) is 0 Å². The van der Waals surface area contributed by atoms with E-state index in [1.165, 1.54) is 11.1 Å². The molecule has 4 heteroatoms. The number of hydrogen-bond acceptors (Lipinski definition) is 4. The van der Waals surface area contributed by atoms with Gasteiger partial charge in [0.25, 0.3) is 0 Å². The second-order valence-corrected chi connectivity index (χ2v) is 7.84. The predicted octanol–water partition coefficient (Wildman–Crippen LogP) is 5.11. The summed E-state index contributed by atoms with van der Waals surface area (Å²) >= 11 is 0. The smallest absolute Gasteiger partial charge is 0.132 e. The highest BCUT2D eigenvalue weighted by atomic mass is 16.5. The highest BCUT2D eigenvalue weighted by Gasteiger charge is 2.25. The lowest BCUT2D eigenvalue weighted by atomic mass is 9.85. The van der Waals surface area contributed by atoms with Gasteiger partial charge in [-0.3, -0.25) is 9.79 Å². The molecule has 3 rings (SSSR count). The van der Waals surface area contributed by atoms with Crippen molar-refractivity contribution in [3.63, 3.8) is 0 Å². The highest BCUT2D eigenvalue weighted by molar-refractivity contribution is 6.03. The third-order valence-electron chi connectivity index (χ3n) is 5.55. The maximum Gasteiger partial charge on any atom is 0.132 e. The van der Waals surface area contributed by atoms with Crippen LogP contribution < -0.4 is 10.5 Å². The molecule has 0 aromatic heterocycles. The van der Waals surface area contributed by atoms with Gasteiger partial charge in [0, 0.05) is 28.9 Å². The van der Waals surface area contributed by atoms with Crippen molar-refractivity contribution in [2.75, 3.05) is 5.73 Å². The predicted molar refractivity (Wildman–Crippen MR) is 115 cm³/mol. The van der Waals surface area contributed by atoms with E-state index in [-0.39, 0.29) is 12.0 Å². The molecule has 0 radical (unpaired) electrons. The van der Waals surface area contributed by atoms with Crippen molar-refractivity contribution >= 4 is 17.2 Å². The van der Waals surface area contributed by atoms with E-state index >= 15 is 0 Å². The molecule has 0 unspecified atom stereocenters. The van der Waals surface area contributed by atoms with E-state index in [0.717, 1.165) is 42.7 Å². The molecule has 2 aromatic carbocycles. The maximum absolute atomic E-state index is 11.5. The first-order chi connectivity index (χ1) is 13.4. The lowest BCUT2D eigenvalue weighted by Crippen LogP contribution is -2.27. The van der Waals surface area contributed by atoms with Gasteiger partial charge in [0.1, 0.15) is 11.5 Å². The second kappa shape index (κ2) is 9.05. The van der Waals surface area contributed by atoms with Gasteiger partial charge in [-0.25, -0.2) is 0 Å². The average Bonchev–Trinajstić information content (AvgIpc) is 2.67. The first-order valence-corrected chi connectivity index (χ1v) is 10.1. The molecule has 0 bridgehead atoms. The largest absolute Gasteiger partial charge is 0.490 e. The van der Waals surface area contributed by atoms with Gasteiger partial charge < -0.3 is 10.5 Å². The van der Waals surface area contributed by atoms with Crippen LogP contribution >= 0.6 is 0 Å². The number of carbonyl (C=O) groups is 1. The fourth-order valence-electron chi connectivity index (χ4n) is 3.83.